The average molecular weight is 305 g/mol. The molecule has 116 valence electrons. The maximum absolute atomic E-state index is 12.1. The van der Waals surface area contributed by atoms with Crippen LogP contribution in [0.2, 0.25) is 0 Å². The van der Waals surface area contributed by atoms with Gasteiger partial charge in [-0.2, -0.15) is 0 Å². The molecule has 0 bridgehead atoms. The second-order valence-electron chi connectivity index (χ2n) is 5.55. The molecular weight excluding hydrogens is 286 g/mol. The molecule has 0 aromatic heterocycles. The number of carbonyl (C=O) groups is 1. The van der Waals surface area contributed by atoms with Gasteiger partial charge in [-0.3, -0.25) is 9.79 Å². The molecule has 3 rings (SSSR count). The van der Waals surface area contributed by atoms with Crippen molar-refractivity contribution in [2.45, 2.75) is 12.5 Å². The molecule has 2 atom stereocenters. The summed E-state index contributed by atoms with van der Waals surface area (Å²) >= 11 is 0. The second-order valence-corrected chi connectivity index (χ2v) is 5.55. The molecule has 3 heteroatoms. The lowest BCUT2D eigenvalue weighted by molar-refractivity contribution is -0.145. The number of rotatable bonds is 4. The molecule has 0 fully saturated rings. The first-order valence-corrected chi connectivity index (χ1v) is 7.70. The first-order valence-electron chi connectivity index (χ1n) is 7.70. The summed E-state index contributed by atoms with van der Waals surface area (Å²) in [6.45, 7) is 0. The van der Waals surface area contributed by atoms with E-state index in [1.54, 1.807) is 0 Å². The van der Waals surface area contributed by atoms with Gasteiger partial charge in [-0.1, -0.05) is 66.7 Å². The maximum Gasteiger partial charge on any atom is 0.311 e. The highest BCUT2D eigenvalue weighted by Gasteiger charge is 2.35. The number of aliphatic imine (C=N–C) groups is 1. The summed E-state index contributed by atoms with van der Waals surface area (Å²) in [5.74, 6) is -0.455. The summed E-state index contributed by atoms with van der Waals surface area (Å²) in [5, 5.41) is 0. The minimum atomic E-state index is -0.252. The van der Waals surface area contributed by atoms with Gasteiger partial charge in [-0.15, -0.1) is 0 Å². The van der Waals surface area contributed by atoms with E-state index in [4.69, 9.17) is 9.73 Å². The van der Waals surface area contributed by atoms with E-state index in [0.29, 0.717) is 6.42 Å². The Balaban J connectivity index is 1.84. The molecule has 2 unspecified atom stereocenters. The summed E-state index contributed by atoms with van der Waals surface area (Å²) in [5.41, 5.74) is 3.09. The predicted molar refractivity (Wildman–Crippen MR) is 92.2 cm³/mol. The zero-order chi connectivity index (χ0) is 16.1. The number of esters is 1. The van der Waals surface area contributed by atoms with Crippen molar-refractivity contribution in [3.05, 3.63) is 77.9 Å². The van der Waals surface area contributed by atoms with Gasteiger partial charge in [0.2, 0.25) is 0 Å². The van der Waals surface area contributed by atoms with Crippen molar-refractivity contribution >= 4 is 17.8 Å². The van der Waals surface area contributed by atoms with Crippen LogP contribution in [0, 0.1) is 5.92 Å². The normalized spacial score (nSPS) is 20.5. The zero-order valence-corrected chi connectivity index (χ0v) is 13.1. The minimum absolute atomic E-state index is 0.168. The Labute approximate surface area is 136 Å². The molecule has 0 aliphatic carbocycles. The van der Waals surface area contributed by atoms with Crippen molar-refractivity contribution < 1.29 is 9.53 Å². The van der Waals surface area contributed by atoms with Crippen LogP contribution in [0.25, 0.3) is 6.08 Å². The van der Waals surface area contributed by atoms with Gasteiger partial charge >= 0.3 is 5.97 Å². The number of nitrogens with zero attached hydrogens (tertiary/aromatic N) is 1. The molecule has 2 aromatic rings. The number of hydrogen-bond donors (Lipinski definition) is 0. The molecule has 2 aromatic carbocycles. The van der Waals surface area contributed by atoms with E-state index in [-0.39, 0.29) is 17.9 Å². The smallest absolute Gasteiger partial charge is 0.311 e. The van der Waals surface area contributed by atoms with Crippen molar-refractivity contribution in [3.63, 3.8) is 0 Å². The van der Waals surface area contributed by atoms with Crippen LogP contribution in [0.1, 0.15) is 23.6 Å². The van der Waals surface area contributed by atoms with Crippen LogP contribution in [-0.2, 0) is 9.53 Å². The monoisotopic (exact) mass is 305 g/mol. The van der Waals surface area contributed by atoms with Crippen molar-refractivity contribution in [2.75, 3.05) is 7.11 Å². The quantitative estimate of drug-likeness (QED) is 0.799. The molecule has 1 heterocycles. The van der Waals surface area contributed by atoms with Crippen LogP contribution in [0.15, 0.2) is 71.7 Å². The highest BCUT2D eigenvalue weighted by molar-refractivity contribution is 6.02. The third-order valence-corrected chi connectivity index (χ3v) is 4.03. The van der Waals surface area contributed by atoms with Gasteiger partial charge in [0.25, 0.3) is 0 Å². The van der Waals surface area contributed by atoms with Gasteiger partial charge in [-0.25, -0.2) is 0 Å². The number of ether oxygens (including phenoxy) is 1. The average Bonchev–Trinajstić information content (AvgIpc) is 3.05. The fraction of sp³-hybridized carbons (Fsp3) is 0.200. The Morgan fingerprint density at radius 1 is 1.04 bits per heavy atom. The van der Waals surface area contributed by atoms with Crippen molar-refractivity contribution in [1.29, 1.82) is 0 Å². The number of carbonyl (C=O) groups excluding carboxylic acids is 1. The Bertz CT molecular complexity index is 720. The van der Waals surface area contributed by atoms with Gasteiger partial charge in [-0.05, 0) is 17.2 Å². The fourth-order valence-corrected chi connectivity index (χ4v) is 2.85. The summed E-state index contributed by atoms with van der Waals surface area (Å²) in [7, 11) is 1.43. The maximum atomic E-state index is 12.1. The number of hydrogen-bond acceptors (Lipinski definition) is 3. The van der Waals surface area contributed by atoms with Crippen molar-refractivity contribution in [1.82, 2.24) is 0 Å². The van der Waals surface area contributed by atoms with Gasteiger partial charge in [0.15, 0.2) is 0 Å². The predicted octanol–water partition coefficient (Wildman–Crippen LogP) is 4.08. The highest BCUT2D eigenvalue weighted by atomic mass is 16.5. The zero-order valence-electron chi connectivity index (χ0n) is 13.1. The third kappa shape index (κ3) is 3.57. The summed E-state index contributed by atoms with van der Waals surface area (Å²) in [4.78, 5) is 16.9. The standard InChI is InChI=1S/C20H19NO2/c1-23-20(22)18-14-17(13-12-15-8-4-2-5-9-15)21-19(18)16-10-6-3-7-11-16/h2-13,18-19H,14H2,1H3/b13-12+. The van der Waals surface area contributed by atoms with E-state index in [0.717, 1.165) is 16.8 Å². The summed E-state index contributed by atoms with van der Waals surface area (Å²) in [6, 6.07) is 19.8. The SMILES string of the molecule is COC(=O)C1CC(/C=C/c2ccccc2)=NC1c1ccccc1. The largest absolute Gasteiger partial charge is 0.469 e. The Morgan fingerprint density at radius 2 is 1.70 bits per heavy atom. The summed E-state index contributed by atoms with van der Waals surface area (Å²) < 4.78 is 4.96. The number of methoxy groups -OCH3 is 1. The summed E-state index contributed by atoms with van der Waals surface area (Å²) in [6.07, 6.45) is 4.63. The van der Waals surface area contributed by atoms with E-state index in [1.165, 1.54) is 7.11 Å². The van der Waals surface area contributed by atoms with E-state index in [2.05, 4.69) is 0 Å². The highest BCUT2D eigenvalue weighted by Crippen LogP contribution is 2.35. The lowest BCUT2D eigenvalue weighted by Crippen LogP contribution is -2.20. The van der Waals surface area contributed by atoms with Gasteiger partial charge in [0.1, 0.15) is 0 Å². The van der Waals surface area contributed by atoms with Crippen molar-refractivity contribution in [2.24, 2.45) is 10.9 Å². The minimum Gasteiger partial charge on any atom is -0.469 e. The Hall–Kier alpha value is -2.68. The third-order valence-electron chi connectivity index (χ3n) is 4.03. The molecule has 3 nitrogen and oxygen atoms in total. The van der Waals surface area contributed by atoms with Gasteiger partial charge in [0, 0.05) is 12.1 Å². The first-order chi connectivity index (χ1) is 11.3. The van der Waals surface area contributed by atoms with E-state index in [1.807, 2.05) is 72.8 Å². The fourth-order valence-electron chi connectivity index (χ4n) is 2.85. The first kappa shape index (κ1) is 15.2. The Kier molecular flexibility index (Phi) is 4.67. The molecular formula is C20H19NO2. The van der Waals surface area contributed by atoms with Crippen LogP contribution < -0.4 is 0 Å². The van der Waals surface area contributed by atoms with Gasteiger partial charge in [0.05, 0.1) is 19.1 Å². The number of allylic oxidation sites excluding steroid dienone is 1. The Morgan fingerprint density at radius 3 is 2.35 bits per heavy atom. The molecule has 0 radical (unpaired) electrons. The van der Waals surface area contributed by atoms with Crippen LogP contribution in [0.5, 0.6) is 0 Å². The van der Waals surface area contributed by atoms with Gasteiger partial charge < -0.3 is 4.74 Å². The van der Waals surface area contributed by atoms with E-state index < -0.39 is 0 Å². The van der Waals surface area contributed by atoms with Crippen LogP contribution in [-0.4, -0.2) is 18.8 Å². The molecule has 23 heavy (non-hydrogen) atoms. The van der Waals surface area contributed by atoms with Crippen LogP contribution in [0.3, 0.4) is 0 Å². The van der Waals surface area contributed by atoms with Crippen LogP contribution >= 0.6 is 0 Å². The molecule has 0 saturated heterocycles. The molecule has 1 aliphatic rings. The topological polar surface area (TPSA) is 38.7 Å². The van der Waals surface area contributed by atoms with E-state index >= 15 is 0 Å². The molecule has 1 aliphatic heterocycles. The molecule has 0 N–H and O–H groups in total. The van der Waals surface area contributed by atoms with Crippen LogP contribution in [0.4, 0.5) is 0 Å². The molecule has 0 spiro atoms. The van der Waals surface area contributed by atoms with Crippen molar-refractivity contribution in [3.8, 4) is 0 Å². The molecule has 0 saturated carbocycles. The molecule has 0 amide bonds. The van der Waals surface area contributed by atoms with E-state index in [9.17, 15) is 4.79 Å². The number of benzene rings is 2. The second kappa shape index (κ2) is 7.05. The lowest BCUT2D eigenvalue weighted by Gasteiger charge is -2.15. The lowest BCUT2D eigenvalue weighted by atomic mass is 9.92.